The normalized spacial score (nSPS) is 15.7. The van der Waals surface area contributed by atoms with Crippen molar-refractivity contribution < 1.29 is 9.59 Å². The lowest BCUT2D eigenvalue weighted by Gasteiger charge is -2.26. The first-order chi connectivity index (χ1) is 12.5. The van der Waals surface area contributed by atoms with E-state index in [9.17, 15) is 9.59 Å². The summed E-state index contributed by atoms with van der Waals surface area (Å²) in [5, 5.41) is 2.93. The molecular formula is C19H28BrN3O2S. The summed E-state index contributed by atoms with van der Waals surface area (Å²) in [6.45, 7) is 3.84. The Morgan fingerprint density at radius 2 is 2.00 bits per heavy atom. The molecule has 2 amide bonds. The predicted octanol–water partition coefficient (Wildman–Crippen LogP) is 2.85. The fourth-order valence-corrected chi connectivity index (χ4v) is 3.98. The van der Waals surface area contributed by atoms with Gasteiger partial charge in [-0.1, -0.05) is 12.1 Å². The van der Waals surface area contributed by atoms with E-state index in [1.54, 1.807) is 22.7 Å². The fraction of sp³-hybridized carbons (Fsp3) is 0.579. The van der Waals surface area contributed by atoms with Crippen LogP contribution in [0, 0.1) is 0 Å². The van der Waals surface area contributed by atoms with E-state index in [1.165, 1.54) is 12.8 Å². The second-order valence-corrected chi connectivity index (χ2v) is 8.44. The number of nitrogens with zero attached hydrogens (tertiary/aromatic N) is 2. The molecule has 1 N–H and O–H groups in total. The van der Waals surface area contributed by atoms with Gasteiger partial charge in [0.25, 0.3) is 5.91 Å². The number of hydrogen-bond donors (Lipinski definition) is 1. The third kappa shape index (κ3) is 6.28. The molecule has 144 valence electrons. The number of amides is 2. The molecule has 1 aliphatic heterocycles. The first kappa shape index (κ1) is 21.3. The molecule has 1 heterocycles. The van der Waals surface area contributed by atoms with Gasteiger partial charge in [-0.05, 0) is 72.4 Å². The van der Waals surface area contributed by atoms with Gasteiger partial charge in [0.15, 0.2) is 0 Å². The van der Waals surface area contributed by atoms with Crippen LogP contribution in [-0.2, 0) is 4.79 Å². The fourth-order valence-electron chi connectivity index (χ4n) is 3.05. The van der Waals surface area contributed by atoms with Crippen molar-refractivity contribution in [3.8, 4) is 0 Å². The van der Waals surface area contributed by atoms with Gasteiger partial charge in [0.05, 0.1) is 5.56 Å². The molecule has 0 bridgehead atoms. The van der Waals surface area contributed by atoms with Gasteiger partial charge in [-0.3, -0.25) is 9.59 Å². The maximum atomic E-state index is 12.9. The molecule has 1 aromatic rings. The highest BCUT2D eigenvalue weighted by molar-refractivity contribution is 9.10. The van der Waals surface area contributed by atoms with Crippen molar-refractivity contribution in [2.75, 3.05) is 45.2 Å². The number of benzene rings is 1. The quantitative estimate of drug-likeness (QED) is 0.639. The van der Waals surface area contributed by atoms with Crippen molar-refractivity contribution in [2.24, 2.45) is 0 Å². The maximum absolute atomic E-state index is 12.9. The molecule has 0 aromatic heterocycles. The number of rotatable bonds is 9. The van der Waals surface area contributed by atoms with Crippen LogP contribution < -0.4 is 5.32 Å². The molecule has 2 rings (SSSR count). The summed E-state index contributed by atoms with van der Waals surface area (Å²) in [5.74, 6) is 0.593. The van der Waals surface area contributed by atoms with E-state index in [1.807, 2.05) is 31.5 Å². The lowest BCUT2D eigenvalue weighted by Crippen LogP contribution is -2.49. The Hall–Kier alpha value is -1.05. The van der Waals surface area contributed by atoms with E-state index in [2.05, 4.69) is 26.1 Å². The van der Waals surface area contributed by atoms with Gasteiger partial charge in [-0.15, -0.1) is 0 Å². The van der Waals surface area contributed by atoms with E-state index in [4.69, 9.17) is 0 Å². The lowest BCUT2D eigenvalue weighted by atomic mass is 10.1. The number of likely N-dealkylation sites (tertiary alicyclic amines) is 1. The first-order valence-electron chi connectivity index (χ1n) is 9.04. The smallest absolute Gasteiger partial charge is 0.253 e. The number of likely N-dealkylation sites (N-methyl/N-ethyl adjacent to an activating group) is 1. The van der Waals surface area contributed by atoms with Crippen molar-refractivity contribution in [3.05, 3.63) is 34.3 Å². The number of halogens is 1. The Morgan fingerprint density at radius 3 is 2.65 bits per heavy atom. The summed E-state index contributed by atoms with van der Waals surface area (Å²) in [6.07, 6.45) is 5.13. The number of thioether (sulfide) groups is 1. The standard InChI is InChI=1S/C19H28BrN3O2S/c1-22(12-13-23-10-5-6-11-23)19(25)17(9-14-26-2)21-18(24)15-7-3-4-8-16(15)20/h3-4,7-8,17H,5-6,9-14H2,1-2H3,(H,21,24). The van der Waals surface area contributed by atoms with Crippen molar-refractivity contribution in [1.29, 1.82) is 0 Å². The number of nitrogens with one attached hydrogen (secondary N) is 1. The minimum absolute atomic E-state index is 0.0151. The van der Waals surface area contributed by atoms with Crippen molar-refractivity contribution >= 4 is 39.5 Å². The molecule has 26 heavy (non-hydrogen) atoms. The molecule has 0 aliphatic carbocycles. The zero-order valence-corrected chi connectivity index (χ0v) is 17.9. The topological polar surface area (TPSA) is 52.7 Å². The summed E-state index contributed by atoms with van der Waals surface area (Å²) in [5.41, 5.74) is 0.550. The molecule has 0 radical (unpaired) electrons. The van der Waals surface area contributed by atoms with Crippen molar-refractivity contribution in [2.45, 2.75) is 25.3 Å². The highest BCUT2D eigenvalue weighted by Gasteiger charge is 2.25. The molecule has 0 spiro atoms. The third-order valence-electron chi connectivity index (χ3n) is 4.66. The molecule has 0 saturated carbocycles. The first-order valence-corrected chi connectivity index (χ1v) is 11.2. The SMILES string of the molecule is CSCCC(NC(=O)c1ccccc1Br)C(=O)N(C)CCN1CCCC1. The number of carbonyl (C=O) groups excluding carboxylic acids is 2. The van der Waals surface area contributed by atoms with Gasteiger partial charge in [0.1, 0.15) is 6.04 Å². The zero-order valence-electron chi connectivity index (χ0n) is 15.5. The highest BCUT2D eigenvalue weighted by Crippen LogP contribution is 2.16. The van der Waals surface area contributed by atoms with Gasteiger partial charge >= 0.3 is 0 Å². The van der Waals surface area contributed by atoms with Crippen molar-refractivity contribution in [3.63, 3.8) is 0 Å². The minimum Gasteiger partial charge on any atom is -0.343 e. The predicted molar refractivity (Wildman–Crippen MR) is 112 cm³/mol. The Balaban J connectivity index is 1.96. The van der Waals surface area contributed by atoms with Crippen LogP contribution in [0.2, 0.25) is 0 Å². The number of carbonyl (C=O) groups is 2. The molecule has 5 nitrogen and oxygen atoms in total. The number of hydrogen-bond acceptors (Lipinski definition) is 4. The van der Waals surface area contributed by atoms with Gasteiger partial charge in [0, 0.05) is 24.6 Å². The molecular weight excluding hydrogens is 414 g/mol. The molecule has 1 unspecified atom stereocenters. The van der Waals surface area contributed by atoms with Crippen LogP contribution in [-0.4, -0.2) is 72.9 Å². The van der Waals surface area contributed by atoms with E-state index >= 15 is 0 Å². The lowest BCUT2D eigenvalue weighted by molar-refractivity contribution is -0.132. The molecule has 1 aromatic carbocycles. The summed E-state index contributed by atoms with van der Waals surface area (Å²) in [6, 6.07) is 6.78. The van der Waals surface area contributed by atoms with Crippen LogP contribution in [0.15, 0.2) is 28.7 Å². The summed E-state index contributed by atoms with van der Waals surface area (Å²) in [4.78, 5) is 29.6. The summed E-state index contributed by atoms with van der Waals surface area (Å²) < 4.78 is 0.732. The van der Waals surface area contributed by atoms with Gasteiger partial charge in [-0.25, -0.2) is 0 Å². The molecule has 1 fully saturated rings. The molecule has 1 atom stereocenters. The third-order valence-corrected chi connectivity index (χ3v) is 5.99. The average molecular weight is 442 g/mol. The van der Waals surface area contributed by atoms with Crippen LogP contribution in [0.4, 0.5) is 0 Å². The molecule has 1 aliphatic rings. The Labute approximate surface area is 169 Å². The van der Waals surface area contributed by atoms with Crippen molar-refractivity contribution in [1.82, 2.24) is 15.1 Å². The Bertz CT molecular complexity index is 608. The summed E-state index contributed by atoms with van der Waals surface area (Å²) in [7, 11) is 1.83. The van der Waals surface area contributed by atoms with Crippen LogP contribution in [0.5, 0.6) is 0 Å². The van der Waals surface area contributed by atoms with E-state index in [-0.39, 0.29) is 11.8 Å². The van der Waals surface area contributed by atoms with E-state index in [0.717, 1.165) is 29.9 Å². The minimum atomic E-state index is -0.495. The monoisotopic (exact) mass is 441 g/mol. The van der Waals surface area contributed by atoms with E-state index in [0.29, 0.717) is 18.5 Å². The molecule has 7 heteroatoms. The van der Waals surface area contributed by atoms with Gasteiger partial charge < -0.3 is 15.1 Å². The van der Waals surface area contributed by atoms with Crippen LogP contribution in [0.25, 0.3) is 0 Å². The maximum Gasteiger partial charge on any atom is 0.253 e. The van der Waals surface area contributed by atoms with Crippen LogP contribution in [0.3, 0.4) is 0 Å². The van der Waals surface area contributed by atoms with Crippen LogP contribution >= 0.6 is 27.7 Å². The second-order valence-electron chi connectivity index (χ2n) is 6.60. The summed E-state index contributed by atoms with van der Waals surface area (Å²) >= 11 is 5.08. The Morgan fingerprint density at radius 1 is 1.31 bits per heavy atom. The largest absolute Gasteiger partial charge is 0.343 e. The van der Waals surface area contributed by atoms with Gasteiger partial charge in [0.2, 0.25) is 5.91 Å². The molecule has 1 saturated heterocycles. The zero-order chi connectivity index (χ0) is 18.9. The van der Waals surface area contributed by atoms with E-state index < -0.39 is 6.04 Å². The average Bonchev–Trinajstić information content (AvgIpc) is 3.16. The Kier molecular flexibility index (Phi) is 8.95. The highest BCUT2D eigenvalue weighted by atomic mass is 79.9. The van der Waals surface area contributed by atoms with Crippen LogP contribution in [0.1, 0.15) is 29.6 Å². The second kappa shape index (κ2) is 10.9. The van der Waals surface area contributed by atoms with Gasteiger partial charge in [-0.2, -0.15) is 11.8 Å².